The molecule has 0 aliphatic rings. The Morgan fingerprint density at radius 3 is 2.03 bits per heavy atom. The van der Waals surface area contributed by atoms with Crippen LogP contribution in [-0.4, -0.2) is 81.8 Å². The van der Waals surface area contributed by atoms with Crippen LogP contribution in [0.4, 0.5) is 0 Å². The highest BCUT2D eigenvalue weighted by Gasteiger charge is 2.28. The summed E-state index contributed by atoms with van der Waals surface area (Å²) in [5.74, 6) is -3.96. The summed E-state index contributed by atoms with van der Waals surface area (Å²) >= 11 is 5.44. The lowest BCUT2D eigenvalue weighted by Gasteiger charge is -2.22. The molecule has 0 fully saturated rings. The van der Waals surface area contributed by atoms with Gasteiger partial charge in [0.2, 0.25) is 17.7 Å². The van der Waals surface area contributed by atoms with Crippen LogP contribution in [0.5, 0.6) is 0 Å². The van der Waals surface area contributed by atoms with Crippen LogP contribution in [-0.2, 0) is 24.0 Å². The number of amides is 3. The van der Waals surface area contributed by atoms with Gasteiger partial charge in [0.25, 0.3) is 0 Å². The Morgan fingerprint density at radius 1 is 0.966 bits per heavy atom. The summed E-state index contributed by atoms with van der Waals surface area (Å²) in [6.45, 7) is 1.36. The van der Waals surface area contributed by atoms with E-state index in [1.54, 1.807) is 6.26 Å². The van der Waals surface area contributed by atoms with Gasteiger partial charge in [0.1, 0.15) is 18.1 Å². The normalized spacial score (nSPS) is 14.8. The molecule has 0 aromatic carbocycles. The molecule has 0 saturated carbocycles. The third-order valence-electron chi connectivity index (χ3n) is 3.80. The molecule has 7 N–H and O–H groups in total. The van der Waals surface area contributed by atoms with Crippen molar-refractivity contribution in [3.8, 4) is 0 Å². The van der Waals surface area contributed by atoms with Gasteiger partial charge in [-0.1, -0.05) is 0 Å². The lowest BCUT2D eigenvalue weighted by Crippen LogP contribution is -2.57. The molecule has 0 spiro atoms. The van der Waals surface area contributed by atoms with Crippen LogP contribution in [0, 0.1) is 0 Å². The van der Waals surface area contributed by atoms with Crippen molar-refractivity contribution in [1.29, 1.82) is 0 Å². The van der Waals surface area contributed by atoms with Gasteiger partial charge in [0.05, 0.1) is 6.04 Å². The van der Waals surface area contributed by atoms with E-state index in [2.05, 4.69) is 28.6 Å². The second kappa shape index (κ2) is 14.1. The summed E-state index contributed by atoms with van der Waals surface area (Å²) in [6.07, 6.45) is 1.64. The largest absolute Gasteiger partial charge is 0.481 e. The molecule has 0 aliphatic heterocycles. The maximum absolute atomic E-state index is 12.3. The lowest BCUT2D eigenvalue weighted by molar-refractivity contribution is -0.142. The first-order valence-electron chi connectivity index (χ1n) is 8.74. The van der Waals surface area contributed by atoms with Crippen molar-refractivity contribution in [3.05, 3.63) is 0 Å². The van der Waals surface area contributed by atoms with Crippen molar-refractivity contribution in [1.82, 2.24) is 16.0 Å². The van der Waals surface area contributed by atoms with E-state index < -0.39 is 53.8 Å². The quantitative estimate of drug-likeness (QED) is 0.153. The number of carboxylic acid groups (broad SMARTS) is 2. The van der Waals surface area contributed by atoms with Crippen LogP contribution in [0.15, 0.2) is 0 Å². The van der Waals surface area contributed by atoms with Gasteiger partial charge in [0.15, 0.2) is 0 Å². The zero-order valence-electron chi connectivity index (χ0n) is 16.2. The van der Waals surface area contributed by atoms with Crippen LogP contribution >= 0.6 is 24.4 Å². The number of rotatable bonds is 14. The molecule has 13 heteroatoms. The van der Waals surface area contributed by atoms with Gasteiger partial charge in [-0.2, -0.15) is 24.4 Å². The standard InChI is InChI=1S/C16H28N4O7S2/c1-8(18-14(24)9(17)3-4-12(21)22)13(23)20-11(7-28)15(25)19-10(16(26)27)5-6-29-2/h8-11,28H,3-7,17H2,1-2H3,(H,18,24)(H,19,25)(H,20,23)(H,21,22)(H,26,27). The van der Waals surface area contributed by atoms with Gasteiger partial charge in [-0.3, -0.25) is 19.2 Å². The third-order valence-corrected chi connectivity index (χ3v) is 4.81. The zero-order valence-corrected chi connectivity index (χ0v) is 17.9. The summed E-state index contributed by atoms with van der Waals surface area (Å²) in [6, 6.07) is -4.36. The molecule has 166 valence electrons. The van der Waals surface area contributed by atoms with Gasteiger partial charge < -0.3 is 31.9 Å². The Balaban J connectivity index is 4.75. The van der Waals surface area contributed by atoms with Crippen LogP contribution in [0.3, 0.4) is 0 Å². The van der Waals surface area contributed by atoms with E-state index in [1.807, 2.05) is 0 Å². The number of carboxylic acids is 2. The smallest absolute Gasteiger partial charge is 0.326 e. The highest BCUT2D eigenvalue weighted by atomic mass is 32.2. The Morgan fingerprint density at radius 2 is 1.55 bits per heavy atom. The molecular formula is C16H28N4O7S2. The molecule has 0 aromatic rings. The fourth-order valence-corrected chi connectivity index (χ4v) is 2.78. The molecule has 0 aliphatic carbocycles. The number of nitrogens with one attached hydrogen (secondary N) is 3. The van der Waals surface area contributed by atoms with E-state index >= 15 is 0 Å². The Hall–Kier alpha value is -1.99. The second-order valence-corrected chi connectivity index (χ2v) is 7.54. The molecule has 0 saturated heterocycles. The average Bonchev–Trinajstić information content (AvgIpc) is 2.66. The summed E-state index contributed by atoms with van der Waals surface area (Å²) in [7, 11) is 0. The third kappa shape index (κ3) is 10.9. The first-order valence-corrected chi connectivity index (χ1v) is 10.8. The van der Waals surface area contributed by atoms with Crippen molar-refractivity contribution in [2.24, 2.45) is 5.73 Å². The summed E-state index contributed by atoms with van der Waals surface area (Å²) in [4.78, 5) is 58.2. The maximum atomic E-state index is 12.3. The van der Waals surface area contributed by atoms with Crippen molar-refractivity contribution < 1.29 is 34.2 Å². The highest BCUT2D eigenvalue weighted by molar-refractivity contribution is 7.98. The molecule has 0 rings (SSSR count). The maximum Gasteiger partial charge on any atom is 0.326 e. The summed E-state index contributed by atoms with van der Waals surface area (Å²) in [5, 5.41) is 24.9. The highest BCUT2D eigenvalue weighted by Crippen LogP contribution is 2.02. The van der Waals surface area contributed by atoms with E-state index in [1.165, 1.54) is 18.7 Å². The number of nitrogens with two attached hydrogens (primary N) is 1. The molecule has 0 radical (unpaired) electrons. The number of hydrogen-bond donors (Lipinski definition) is 7. The topological polar surface area (TPSA) is 188 Å². The first kappa shape index (κ1) is 27.0. The van der Waals surface area contributed by atoms with Gasteiger partial charge >= 0.3 is 11.9 Å². The first-order chi connectivity index (χ1) is 13.5. The van der Waals surface area contributed by atoms with Crippen LogP contribution in [0.1, 0.15) is 26.2 Å². The summed E-state index contributed by atoms with van der Waals surface area (Å²) in [5.41, 5.74) is 5.57. The van der Waals surface area contributed by atoms with Gasteiger partial charge in [-0.15, -0.1) is 0 Å². The van der Waals surface area contributed by atoms with Crippen molar-refractivity contribution in [3.63, 3.8) is 0 Å². The average molecular weight is 453 g/mol. The van der Waals surface area contributed by atoms with E-state index in [0.717, 1.165) is 0 Å². The molecule has 0 heterocycles. The van der Waals surface area contributed by atoms with Crippen LogP contribution < -0.4 is 21.7 Å². The minimum atomic E-state index is -1.19. The molecule has 4 atom stereocenters. The second-order valence-electron chi connectivity index (χ2n) is 6.19. The Kier molecular flexibility index (Phi) is 13.1. The van der Waals surface area contributed by atoms with E-state index in [4.69, 9.17) is 10.8 Å². The number of hydrogen-bond acceptors (Lipinski definition) is 8. The number of aliphatic carboxylic acids is 2. The number of thiol groups is 1. The molecule has 4 unspecified atom stereocenters. The van der Waals surface area contributed by atoms with Gasteiger partial charge in [-0.25, -0.2) is 4.79 Å². The van der Waals surface area contributed by atoms with Gasteiger partial charge in [0, 0.05) is 12.2 Å². The van der Waals surface area contributed by atoms with E-state index in [0.29, 0.717) is 5.75 Å². The van der Waals surface area contributed by atoms with Crippen LogP contribution in [0.25, 0.3) is 0 Å². The van der Waals surface area contributed by atoms with E-state index in [-0.39, 0.29) is 25.0 Å². The predicted molar refractivity (Wildman–Crippen MR) is 111 cm³/mol. The van der Waals surface area contributed by atoms with Crippen molar-refractivity contribution in [2.75, 3.05) is 17.8 Å². The SMILES string of the molecule is CSCCC(NC(=O)C(CS)NC(=O)C(C)NC(=O)C(N)CCC(=O)O)C(=O)O. The fraction of sp³-hybridized carbons (Fsp3) is 0.688. The molecular weight excluding hydrogens is 424 g/mol. The Bertz CT molecular complexity index is 606. The number of carbonyl (C=O) groups is 5. The molecule has 0 bridgehead atoms. The molecule has 0 aromatic heterocycles. The van der Waals surface area contributed by atoms with E-state index in [9.17, 15) is 29.1 Å². The Labute approximate surface area is 178 Å². The minimum absolute atomic E-state index is 0.0920. The zero-order chi connectivity index (χ0) is 22.6. The van der Waals surface area contributed by atoms with Gasteiger partial charge in [-0.05, 0) is 31.8 Å². The molecule has 29 heavy (non-hydrogen) atoms. The minimum Gasteiger partial charge on any atom is -0.481 e. The monoisotopic (exact) mass is 452 g/mol. The van der Waals surface area contributed by atoms with Crippen molar-refractivity contribution >= 4 is 54.1 Å². The van der Waals surface area contributed by atoms with Crippen molar-refractivity contribution in [2.45, 2.75) is 50.4 Å². The lowest BCUT2D eigenvalue weighted by atomic mass is 10.1. The van der Waals surface area contributed by atoms with Crippen LogP contribution in [0.2, 0.25) is 0 Å². The predicted octanol–water partition coefficient (Wildman–Crippen LogP) is -1.58. The fourth-order valence-electron chi connectivity index (χ4n) is 2.05. The number of thioether (sulfide) groups is 1. The summed E-state index contributed by atoms with van der Waals surface area (Å²) < 4.78 is 0. The molecule has 11 nitrogen and oxygen atoms in total. The number of carbonyl (C=O) groups excluding carboxylic acids is 3. The molecule has 3 amide bonds.